The van der Waals surface area contributed by atoms with Gasteiger partial charge in [-0.3, -0.25) is 4.79 Å². The summed E-state index contributed by atoms with van der Waals surface area (Å²) in [5.74, 6) is 0.864. The van der Waals surface area contributed by atoms with E-state index in [1.807, 2.05) is 24.3 Å². The van der Waals surface area contributed by atoms with Crippen LogP contribution in [0, 0.1) is 0 Å². The highest BCUT2D eigenvalue weighted by molar-refractivity contribution is 5.72. The van der Waals surface area contributed by atoms with E-state index < -0.39 is 0 Å². The molecule has 4 heteroatoms. The zero-order valence-electron chi connectivity index (χ0n) is 10.6. The largest absolute Gasteiger partial charge is 0.497 e. The lowest BCUT2D eigenvalue weighted by molar-refractivity contribution is -0.118. The van der Waals surface area contributed by atoms with E-state index in [2.05, 4.69) is 17.6 Å². The van der Waals surface area contributed by atoms with E-state index in [9.17, 15) is 4.79 Å². The summed E-state index contributed by atoms with van der Waals surface area (Å²) in [6.45, 7) is 5.02. The van der Waals surface area contributed by atoms with Crippen molar-refractivity contribution >= 4 is 5.91 Å². The van der Waals surface area contributed by atoms with Gasteiger partial charge in [-0.25, -0.2) is 0 Å². The number of amides is 1. The van der Waals surface area contributed by atoms with Crippen LogP contribution >= 0.6 is 0 Å². The summed E-state index contributed by atoms with van der Waals surface area (Å²) in [4.78, 5) is 10.7. The first-order valence-corrected chi connectivity index (χ1v) is 5.75. The van der Waals surface area contributed by atoms with Crippen LogP contribution in [0.4, 0.5) is 0 Å². The summed E-state index contributed by atoms with van der Waals surface area (Å²) in [6.07, 6.45) is 0. The molecule has 1 amide bonds. The molecule has 4 nitrogen and oxygen atoms in total. The number of nitrogens with one attached hydrogen (secondary N) is 2. The fourth-order valence-electron chi connectivity index (χ4n) is 1.54. The molecule has 94 valence electrons. The number of methoxy groups -OCH3 is 1. The first-order valence-electron chi connectivity index (χ1n) is 5.75. The molecule has 0 fully saturated rings. The molecule has 1 aromatic carbocycles. The molecule has 0 radical (unpaired) electrons. The number of hydrogen-bond acceptors (Lipinski definition) is 3. The molecule has 1 rings (SSSR count). The van der Waals surface area contributed by atoms with Crippen molar-refractivity contribution < 1.29 is 9.53 Å². The van der Waals surface area contributed by atoms with Gasteiger partial charge in [-0.05, 0) is 24.6 Å². The Hall–Kier alpha value is -1.55. The first kappa shape index (κ1) is 13.5. The Labute approximate surface area is 102 Å². The summed E-state index contributed by atoms with van der Waals surface area (Å²) < 4.78 is 5.11. The van der Waals surface area contributed by atoms with Gasteiger partial charge in [0, 0.05) is 26.1 Å². The Morgan fingerprint density at radius 3 is 2.47 bits per heavy atom. The average Bonchev–Trinajstić information content (AvgIpc) is 2.34. The number of ether oxygens (including phenoxy) is 1. The zero-order valence-corrected chi connectivity index (χ0v) is 10.6. The van der Waals surface area contributed by atoms with Crippen LogP contribution in [-0.4, -0.2) is 26.1 Å². The van der Waals surface area contributed by atoms with Gasteiger partial charge in [0.15, 0.2) is 0 Å². The molecule has 1 atom stereocenters. The van der Waals surface area contributed by atoms with Gasteiger partial charge in [0.1, 0.15) is 5.75 Å². The minimum absolute atomic E-state index is 0.00361. The fourth-order valence-corrected chi connectivity index (χ4v) is 1.54. The highest BCUT2D eigenvalue weighted by Crippen LogP contribution is 2.16. The quantitative estimate of drug-likeness (QED) is 0.736. The SMILES string of the molecule is COc1ccc([C@@H](C)NCCNC(C)=O)cc1. The number of hydrogen-bond donors (Lipinski definition) is 2. The van der Waals surface area contributed by atoms with Crippen LogP contribution in [0.1, 0.15) is 25.5 Å². The molecule has 17 heavy (non-hydrogen) atoms. The van der Waals surface area contributed by atoms with Gasteiger partial charge in [0.05, 0.1) is 7.11 Å². The van der Waals surface area contributed by atoms with Gasteiger partial charge < -0.3 is 15.4 Å². The third kappa shape index (κ3) is 4.87. The summed E-state index contributed by atoms with van der Waals surface area (Å²) in [5.41, 5.74) is 1.20. The Balaban J connectivity index is 2.35. The van der Waals surface area contributed by atoms with Gasteiger partial charge in [-0.15, -0.1) is 0 Å². The van der Waals surface area contributed by atoms with Crippen LogP contribution in [0.15, 0.2) is 24.3 Å². The monoisotopic (exact) mass is 236 g/mol. The number of benzene rings is 1. The van der Waals surface area contributed by atoms with Crippen molar-refractivity contribution in [2.75, 3.05) is 20.2 Å². The molecule has 0 aliphatic carbocycles. The molecule has 0 aromatic heterocycles. The molecular formula is C13H20N2O2. The van der Waals surface area contributed by atoms with Crippen LogP contribution in [0.3, 0.4) is 0 Å². The van der Waals surface area contributed by atoms with Crippen molar-refractivity contribution in [3.8, 4) is 5.75 Å². The van der Waals surface area contributed by atoms with E-state index in [0.29, 0.717) is 6.54 Å². The molecule has 0 saturated heterocycles. The second-order valence-corrected chi connectivity index (χ2v) is 3.93. The third-order valence-corrected chi connectivity index (χ3v) is 2.57. The summed E-state index contributed by atoms with van der Waals surface area (Å²) in [6, 6.07) is 8.22. The number of carbonyl (C=O) groups excluding carboxylic acids is 1. The predicted octanol–water partition coefficient (Wildman–Crippen LogP) is 1.48. The van der Waals surface area contributed by atoms with Gasteiger partial charge in [0.25, 0.3) is 0 Å². The number of carbonyl (C=O) groups is 1. The average molecular weight is 236 g/mol. The Kier molecular flexibility index (Phi) is 5.49. The van der Waals surface area contributed by atoms with E-state index in [1.165, 1.54) is 12.5 Å². The maximum absolute atomic E-state index is 10.7. The van der Waals surface area contributed by atoms with Crippen molar-refractivity contribution in [2.24, 2.45) is 0 Å². The van der Waals surface area contributed by atoms with Crippen LogP contribution in [0.25, 0.3) is 0 Å². The standard InChI is InChI=1S/C13H20N2O2/c1-10(14-8-9-15-11(2)16)12-4-6-13(17-3)7-5-12/h4-7,10,14H,8-9H2,1-3H3,(H,15,16)/t10-/m1/s1. The molecule has 1 aromatic rings. The third-order valence-electron chi connectivity index (χ3n) is 2.57. The molecule has 0 aliphatic rings. The van der Waals surface area contributed by atoms with Crippen molar-refractivity contribution in [3.63, 3.8) is 0 Å². The van der Waals surface area contributed by atoms with Crippen LogP contribution in [-0.2, 0) is 4.79 Å². The lowest BCUT2D eigenvalue weighted by atomic mass is 10.1. The summed E-state index contributed by atoms with van der Waals surface area (Å²) >= 11 is 0. The fraction of sp³-hybridized carbons (Fsp3) is 0.462. The molecule has 2 N–H and O–H groups in total. The zero-order chi connectivity index (χ0) is 12.7. The lowest BCUT2D eigenvalue weighted by Crippen LogP contribution is -2.31. The van der Waals surface area contributed by atoms with Crippen molar-refractivity contribution in [2.45, 2.75) is 19.9 Å². The Morgan fingerprint density at radius 1 is 1.29 bits per heavy atom. The smallest absolute Gasteiger partial charge is 0.216 e. The summed E-state index contributed by atoms with van der Waals surface area (Å²) in [5, 5.41) is 6.09. The molecule has 0 heterocycles. The normalized spacial score (nSPS) is 11.9. The lowest BCUT2D eigenvalue weighted by Gasteiger charge is -2.14. The highest BCUT2D eigenvalue weighted by Gasteiger charge is 2.04. The van der Waals surface area contributed by atoms with Crippen LogP contribution in [0.5, 0.6) is 5.75 Å². The maximum Gasteiger partial charge on any atom is 0.216 e. The van der Waals surface area contributed by atoms with Crippen molar-refractivity contribution in [1.29, 1.82) is 0 Å². The molecule has 0 unspecified atom stereocenters. The van der Waals surface area contributed by atoms with E-state index in [1.54, 1.807) is 7.11 Å². The number of rotatable bonds is 6. The molecule has 0 aliphatic heterocycles. The van der Waals surface area contributed by atoms with Gasteiger partial charge >= 0.3 is 0 Å². The molecule has 0 bridgehead atoms. The van der Waals surface area contributed by atoms with Gasteiger partial charge in [-0.1, -0.05) is 12.1 Å². The molecule has 0 spiro atoms. The van der Waals surface area contributed by atoms with Gasteiger partial charge in [-0.2, -0.15) is 0 Å². The molecule has 0 saturated carbocycles. The molecular weight excluding hydrogens is 216 g/mol. The van der Waals surface area contributed by atoms with E-state index in [-0.39, 0.29) is 11.9 Å². The maximum atomic E-state index is 10.7. The van der Waals surface area contributed by atoms with E-state index >= 15 is 0 Å². The Morgan fingerprint density at radius 2 is 1.94 bits per heavy atom. The minimum Gasteiger partial charge on any atom is -0.497 e. The predicted molar refractivity (Wildman–Crippen MR) is 68.1 cm³/mol. The second kappa shape index (κ2) is 6.91. The van der Waals surface area contributed by atoms with Crippen molar-refractivity contribution in [3.05, 3.63) is 29.8 Å². The Bertz CT molecular complexity index is 349. The second-order valence-electron chi connectivity index (χ2n) is 3.93. The van der Waals surface area contributed by atoms with E-state index in [4.69, 9.17) is 4.74 Å². The van der Waals surface area contributed by atoms with Crippen molar-refractivity contribution in [1.82, 2.24) is 10.6 Å². The van der Waals surface area contributed by atoms with Gasteiger partial charge in [0.2, 0.25) is 5.91 Å². The topological polar surface area (TPSA) is 50.4 Å². The highest BCUT2D eigenvalue weighted by atomic mass is 16.5. The van der Waals surface area contributed by atoms with Crippen LogP contribution in [0.2, 0.25) is 0 Å². The van der Waals surface area contributed by atoms with Crippen LogP contribution < -0.4 is 15.4 Å². The van der Waals surface area contributed by atoms with E-state index in [0.717, 1.165) is 12.3 Å². The first-order chi connectivity index (χ1) is 8.13. The minimum atomic E-state index is 0.00361. The summed E-state index contributed by atoms with van der Waals surface area (Å²) in [7, 11) is 1.66.